The highest BCUT2D eigenvalue weighted by atomic mass is 16.5. The van der Waals surface area contributed by atoms with Crippen molar-refractivity contribution < 1.29 is 14.3 Å². The number of hydrogen-bond donors (Lipinski definition) is 0. The number of rotatable bonds is 1. The largest absolute Gasteiger partial charge is 0.484 e. The van der Waals surface area contributed by atoms with Gasteiger partial charge in [0.25, 0.3) is 0 Å². The molecule has 0 aromatic heterocycles. The van der Waals surface area contributed by atoms with Crippen molar-refractivity contribution in [2.24, 2.45) is 5.92 Å². The number of carbonyl (C=O) groups is 2. The molecule has 1 spiro atoms. The third kappa shape index (κ3) is 2.04. The van der Waals surface area contributed by atoms with Crippen LogP contribution in [0.15, 0.2) is 24.3 Å². The van der Waals surface area contributed by atoms with Crippen LogP contribution in [0.25, 0.3) is 0 Å². The number of fused-ring (bicyclic) bond motifs is 1. The van der Waals surface area contributed by atoms with E-state index in [1.165, 1.54) is 0 Å². The van der Waals surface area contributed by atoms with E-state index in [0.29, 0.717) is 30.8 Å². The molecule has 4 nitrogen and oxygen atoms in total. The molecule has 110 valence electrons. The Kier molecular flexibility index (Phi) is 2.81. The topological polar surface area (TPSA) is 46.6 Å². The first kappa shape index (κ1) is 12.9. The lowest BCUT2D eigenvalue weighted by Gasteiger charge is -2.35. The van der Waals surface area contributed by atoms with E-state index in [0.717, 1.165) is 25.7 Å². The van der Waals surface area contributed by atoms with Gasteiger partial charge >= 0.3 is 0 Å². The third-order valence-corrected chi connectivity index (χ3v) is 5.08. The highest BCUT2D eigenvalue weighted by Crippen LogP contribution is 2.40. The van der Waals surface area contributed by atoms with E-state index in [1.807, 2.05) is 29.2 Å². The second kappa shape index (κ2) is 4.58. The van der Waals surface area contributed by atoms with Crippen LogP contribution in [0.3, 0.4) is 0 Å². The van der Waals surface area contributed by atoms with E-state index < -0.39 is 5.60 Å². The van der Waals surface area contributed by atoms with Crippen LogP contribution in [-0.4, -0.2) is 35.3 Å². The smallest absolute Gasteiger partial charge is 0.225 e. The fourth-order valence-corrected chi connectivity index (χ4v) is 3.62. The molecule has 1 atom stereocenters. The number of ether oxygens (including phenoxy) is 1. The van der Waals surface area contributed by atoms with Gasteiger partial charge in [-0.05, 0) is 25.0 Å². The van der Waals surface area contributed by atoms with Gasteiger partial charge in [-0.3, -0.25) is 9.59 Å². The van der Waals surface area contributed by atoms with Gasteiger partial charge in [0.05, 0.1) is 18.5 Å². The Balaban J connectivity index is 1.54. The predicted molar refractivity (Wildman–Crippen MR) is 77.3 cm³/mol. The SMILES string of the molecule is O=C1CC2(CCN(C(=O)C3CCC3)C2)Oc2ccccc21. The Morgan fingerprint density at radius 3 is 2.86 bits per heavy atom. The van der Waals surface area contributed by atoms with Crippen LogP contribution >= 0.6 is 0 Å². The first-order chi connectivity index (χ1) is 10.2. The standard InChI is InChI=1S/C17H19NO3/c19-14-10-17(21-15-7-2-1-6-13(14)15)8-9-18(11-17)16(20)12-4-3-5-12/h1-2,6-7,12H,3-5,8-11H2. The van der Waals surface area contributed by atoms with Gasteiger partial charge in [0.15, 0.2) is 5.78 Å². The van der Waals surface area contributed by atoms with Gasteiger partial charge in [0, 0.05) is 18.9 Å². The molecular weight excluding hydrogens is 266 g/mol. The number of amides is 1. The van der Waals surface area contributed by atoms with Gasteiger partial charge in [0.1, 0.15) is 11.4 Å². The summed E-state index contributed by atoms with van der Waals surface area (Å²) in [5.41, 5.74) is 0.178. The van der Waals surface area contributed by atoms with Crippen LogP contribution in [-0.2, 0) is 4.79 Å². The molecule has 0 N–H and O–H groups in total. The van der Waals surface area contributed by atoms with Crippen LogP contribution in [0.5, 0.6) is 5.75 Å². The maximum absolute atomic E-state index is 12.4. The summed E-state index contributed by atoms with van der Waals surface area (Å²) in [6.45, 7) is 1.27. The van der Waals surface area contributed by atoms with Crippen molar-refractivity contribution in [2.75, 3.05) is 13.1 Å². The molecule has 1 aromatic rings. The molecule has 1 aliphatic carbocycles. The molecule has 2 aliphatic heterocycles. The zero-order chi connectivity index (χ0) is 14.4. The first-order valence-electron chi connectivity index (χ1n) is 7.77. The summed E-state index contributed by atoms with van der Waals surface area (Å²) in [6.07, 6.45) is 4.34. The van der Waals surface area contributed by atoms with E-state index in [4.69, 9.17) is 4.74 Å². The van der Waals surface area contributed by atoms with Crippen LogP contribution in [0.1, 0.15) is 42.5 Å². The number of likely N-dealkylation sites (tertiary alicyclic amines) is 1. The van der Waals surface area contributed by atoms with Crippen molar-refractivity contribution in [2.45, 2.75) is 37.7 Å². The highest BCUT2D eigenvalue weighted by molar-refractivity contribution is 6.00. The van der Waals surface area contributed by atoms with E-state index in [9.17, 15) is 9.59 Å². The number of carbonyl (C=O) groups excluding carboxylic acids is 2. The van der Waals surface area contributed by atoms with Gasteiger partial charge < -0.3 is 9.64 Å². The first-order valence-corrected chi connectivity index (χ1v) is 7.77. The second-order valence-electron chi connectivity index (χ2n) is 6.52. The van der Waals surface area contributed by atoms with Crippen molar-refractivity contribution in [3.05, 3.63) is 29.8 Å². The molecule has 3 aliphatic rings. The molecule has 4 rings (SSSR count). The van der Waals surface area contributed by atoms with Crippen molar-refractivity contribution in [3.8, 4) is 5.75 Å². The molecule has 1 unspecified atom stereocenters. The normalized spacial score (nSPS) is 28.2. The Morgan fingerprint density at radius 2 is 2.10 bits per heavy atom. The quantitative estimate of drug-likeness (QED) is 0.796. The number of nitrogens with zero attached hydrogens (tertiary/aromatic N) is 1. The average molecular weight is 285 g/mol. The van der Waals surface area contributed by atoms with Crippen molar-refractivity contribution in [1.82, 2.24) is 4.90 Å². The fourth-order valence-electron chi connectivity index (χ4n) is 3.62. The predicted octanol–water partition coefficient (Wildman–Crippen LogP) is 2.42. The second-order valence-corrected chi connectivity index (χ2v) is 6.52. The fraction of sp³-hybridized carbons (Fsp3) is 0.529. The molecule has 1 aromatic carbocycles. The molecule has 0 radical (unpaired) electrons. The van der Waals surface area contributed by atoms with Gasteiger partial charge in [-0.1, -0.05) is 18.6 Å². The van der Waals surface area contributed by atoms with Gasteiger partial charge in [-0.25, -0.2) is 0 Å². The number of benzene rings is 1. The number of ketones is 1. The highest BCUT2D eigenvalue weighted by Gasteiger charge is 2.47. The lowest BCUT2D eigenvalue weighted by molar-refractivity contribution is -0.137. The maximum Gasteiger partial charge on any atom is 0.225 e. The minimum absolute atomic E-state index is 0.134. The minimum Gasteiger partial charge on any atom is -0.484 e. The summed E-state index contributed by atoms with van der Waals surface area (Å²) in [4.78, 5) is 26.6. The summed E-state index contributed by atoms with van der Waals surface area (Å²) in [6, 6.07) is 7.41. The number of Topliss-reactive ketones (excluding diaryl/α,β-unsaturated/α-hetero) is 1. The molecule has 1 saturated heterocycles. The van der Waals surface area contributed by atoms with Gasteiger partial charge in [-0.15, -0.1) is 0 Å². The van der Waals surface area contributed by atoms with Crippen molar-refractivity contribution >= 4 is 11.7 Å². The Bertz CT molecular complexity index is 608. The molecule has 1 amide bonds. The lowest BCUT2D eigenvalue weighted by atomic mass is 9.84. The summed E-state index contributed by atoms with van der Waals surface area (Å²) in [5.74, 6) is 1.28. The Hall–Kier alpha value is -1.84. The molecule has 2 heterocycles. The lowest BCUT2D eigenvalue weighted by Crippen LogP contribution is -2.46. The molecule has 0 bridgehead atoms. The molecule has 4 heteroatoms. The van der Waals surface area contributed by atoms with E-state index in [1.54, 1.807) is 0 Å². The van der Waals surface area contributed by atoms with E-state index >= 15 is 0 Å². The molecule has 2 fully saturated rings. The summed E-state index contributed by atoms with van der Waals surface area (Å²) in [5, 5.41) is 0. The zero-order valence-electron chi connectivity index (χ0n) is 12.0. The molecule has 1 saturated carbocycles. The third-order valence-electron chi connectivity index (χ3n) is 5.08. The van der Waals surface area contributed by atoms with Gasteiger partial charge in [-0.2, -0.15) is 0 Å². The summed E-state index contributed by atoms with van der Waals surface area (Å²) >= 11 is 0. The van der Waals surface area contributed by atoms with Gasteiger partial charge in [0.2, 0.25) is 5.91 Å². The Labute approximate surface area is 124 Å². The minimum atomic E-state index is -0.495. The van der Waals surface area contributed by atoms with Crippen LogP contribution in [0, 0.1) is 5.92 Å². The number of hydrogen-bond acceptors (Lipinski definition) is 3. The van der Waals surface area contributed by atoms with E-state index in [2.05, 4.69) is 0 Å². The Morgan fingerprint density at radius 1 is 1.29 bits per heavy atom. The number of para-hydroxylation sites is 1. The molecular formula is C17H19NO3. The van der Waals surface area contributed by atoms with Crippen molar-refractivity contribution in [3.63, 3.8) is 0 Å². The average Bonchev–Trinajstić information content (AvgIpc) is 2.80. The zero-order valence-corrected chi connectivity index (χ0v) is 12.0. The summed E-state index contributed by atoms with van der Waals surface area (Å²) < 4.78 is 6.15. The van der Waals surface area contributed by atoms with Crippen LogP contribution in [0.4, 0.5) is 0 Å². The molecule has 21 heavy (non-hydrogen) atoms. The summed E-state index contributed by atoms with van der Waals surface area (Å²) in [7, 11) is 0. The van der Waals surface area contributed by atoms with E-state index in [-0.39, 0.29) is 17.6 Å². The van der Waals surface area contributed by atoms with Crippen LogP contribution < -0.4 is 4.74 Å². The van der Waals surface area contributed by atoms with Crippen molar-refractivity contribution in [1.29, 1.82) is 0 Å². The maximum atomic E-state index is 12.4. The van der Waals surface area contributed by atoms with Crippen LogP contribution in [0.2, 0.25) is 0 Å². The monoisotopic (exact) mass is 285 g/mol.